The third-order valence-electron chi connectivity index (χ3n) is 4.51. The maximum Gasteiger partial charge on any atom is 0.248 e. The standard InChI is InChI=1S/C24H25N3O3S/c1-20-10-12-22(13-11-20)19-27-17-6-5-9-23(27)26-24(28)14-16-25-31(29,30)18-15-21-7-3-2-4-8-21/h2-13,15,17-18,25H,14,16,19H2,1H3/b18-15+,26-23?. The molecule has 0 atom stereocenters. The smallest absolute Gasteiger partial charge is 0.248 e. The summed E-state index contributed by atoms with van der Waals surface area (Å²) in [6, 6.07) is 22.7. The molecule has 6 nitrogen and oxygen atoms in total. The zero-order chi connectivity index (χ0) is 22.1. The van der Waals surface area contributed by atoms with Crippen molar-refractivity contribution in [1.29, 1.82) is 0 Å². The Morgan fingerprint density at radius 1 is 1.00 bits per heavy atom. The molecule has 0 aliphatic rings. The van der Waals surface area contributed by atoms with Crippen LogP contribution in [0.15, 0.2) is 89.4 Å². The minimum atomic E-state index is -3.63. The summed E-state index contributed by atoms with van der Waals surface area (Å²) in [5.41, 5.74) is 3.59. The van der Waals surface area contributed by atoms with Crippen LogP contribution in [0.4, 0.5) is 0 Å². The van der Waals surface area contributed by atoms with Gasteiger partial charge < -0.3 is 4.57 Å². The van der Waals surface area contributed by atoms with Crippen LogP contribution in [0.2, 0.25) is 0 Å². The molecule has 0 unspecified atom stereocenters. The molecule has 0 radical (unpaired) electrons. The van der Waals surface area contributed by atoms with Crippen LogP contribution in [0.1, 0.15) is 23.1 Å². The van der Waals surface area contributed by atoms with Gasteiger partial charge in [-0.25, -0.2) is 13.1 Å². The van der Waals surface area contributed by atoms with Crippen LogP contribution in [-0.2, 0) is 21.4 Å². The summed E-state index contributed by atoms with van der Waals surface area (Å²) in [7, 11) is -3.63. The molecule has 7 heteroatoms. The number of hydrogen-bond acceptors (Lipinski definition) is 3. The van der Waals surface area contributed by atoms with Crippen LogP contribution in [0.25, 0.3) is 6.08 Å². The SMILES string of the molecule is Cc1ccc(Cn2ccccc2=NC(=O)CCNS(=O)(=O)/C=C/c2ccccc2)cc1. The van der Waals surface area contributed by atoms with E-state index in [1.54, 1.807) is 18.2 Å². The topological polar surface area (TPSA) is 80.5 Å². The zero-order valence-corrected chi connectivity index (χ0v) is 18.1. The van der Waals surface area contributed by atoms with Gasteiger partial charge in [0, 0.05) is 31.1 Å². The van der Waals surface area contributed by atoms with Crippen LogP contribution in [0.5, 0.6) is 0 Å². The minimum absolute atomic E-state index is 0.0193. The third kappa shape index (κ3) is 7.47. The number of amides is 1. The molecule has 3 aromatic rings. The molecule has 0 saturated carbocycles. The molecule has 0 aliphatic heterocycles. The van der Waals surface area contributed by atoms with Gasteiger partial charge in [0.1, 0.15) is 5.49 Å². The number of nitrogens with zero attached hydrogens (tertiary/aromatic N) is 2. The third-order valence-corrected chi connectivity index (χ3v) is 5.61. The van der Waals surface area contributed by atoms with Crippen molar-refractivity contribution in [1.82, 2.24) is 9.29 Å². The Morgan fingerprint density at radius 2 is 1.71 bits per heavy atom. The Bertz CT molecular complexity index is 1210. The molecule has 160 valence electrons. The van der Waals surface area contributed by atoms with Crippen LogP contribution in [0.3, 0.4) is 0 Å². The molecule has 0 spiro atoms. The van der Waals surface area contributed by atoms with E-state index in [1.807, 2.05) is 72.3 Å². The first-order chi connectivity index (χ1) is 14.9. The lowest BCUT2D eigenvalue weighted by Crippen LogP contribution is -2.26. The number of aryl methyl sites for hydroxylation is 1. The van der Waals surface area contributed by atoms with Gasteiger partial charge in [0.05, 0.1) is 0 Å². The first kappa shape index (κ1) is 22.4. The van der Waals surface area contributed by atoms with Crippen molar-refractivity contribution < 1.29 is 13.2 Å². The van der Waals surface area contributed by atoms with Crippen LogP contribution >= 0.6 is 0 Å². The quantitative estimate of drug-likeness (QED) is 0.590. The van der Waals surface area contributed by atoms with E-state index in [9.17, 15) is 13.2 Å². The first-order valence-electron chi connectivity index (χ1n) is 9.93. The molecule has 0 fully saturated rings. The monoisotopic (exact) mass is 435 g/mol. The summed E-state index contributed by atoms with van der Waals surface area (Å²) in [6.07, 6.45) is 3.34. The van der Waals surface area contributed by atoms with E-state index in [4.69, 9.17) is 0 Å². The molecule has 3 rings (SSSR count). The van der Waals surface area contributed by atoms with Crippen molar-refractivity contribution >= 4 is 22.0 Å². The average Bonchev–Trinajstić information content (AvgIpc) is 2.76. The van der Waals surface area contributed by atoms with Gasteiger partial charge >= 0.3 is 0 Å². The normalized spacial score (nSPS) is 12.4. The molecule has 1 amide bonds. The highest BCUT2D eigenvalue weighted by Crippen LogP contribution is 2.05. The number of hydrogen-bond donors (Lipinski definition) is 1. The van der Waals surface area contributed by atoms with Crippen molar-refractivity contribution in [2.24, 2.45) is 4.99 Å². The van der Waals surface area contributed by atoms with Gasteiger partial charge in [-0.15, -0.1) is 0 Å². The second-order valence-corrected chi connectivity index (χ2v) is 8.73. The number of rotatable bonds is 8. The summed E-state index contributed by atoms with van der Waals surface area (Å²) in [6.45, 7) is 2.60. The van der Waals surface area contributed by atoms with Crippen LogP contribution < -0.4 is 10.2 Å². The molecule has 0 bridgehead atoms. The molecule has 1 aromatic heterocycles. The van der Waals surface area contributed by atoms with Gasteiger partial charge in [-0.05, 0) is 36.3 Å². The van der Waals surface area contributed by atoms with Crippen molar-refractivity contribution in [3.8, 4) is 0 Å². The average molecular weight is 436 g/mol. The molecule has 0 aliphatic carbocycles. The molecule has 1 heterocycles. The molecule has 0 saturated heterocycles. The molecular formula is C24H25N3O3S. The van der Waals surface area contributed by atoms with Crippen LogP contribution in [0, 0.1) is 6.92 Å². The molecule has 2 aromatic carbocycles. The number of sulfonamides is 1. The Hall–Kier alpha value is -3.29. The number of carbonyl (C=O) groups is 1. The lowest BCUT2D eigenvalue weighted by molar-refractivity contribution is -0.117. The van der Waals surface area contributed by atoms with Crippen molar-refractivity contribution in [3.05, 3.63) is 107 Å². The van der Waals surface area contributed by atoms with E-state index in [-0.39, 0.29) is 13.0 Å². The number of carbonyl (C=O) groups excluding carboxylic acids is 1. The highest BCUT2D eigenvalue weighted by atomic mass is 32.2. The van der Waals surface area contributed by atoms with Gasteiger partial charge in [0.15, 0.2) is 0 Å². The molecule has 1 N–H and O–H groups in total. The Morgan fingerprint density at radius 3 is 2.45 bits per heavy atom. The van der Waals surface area contributed by atoms with E-state index in [1.165, 1.54) is 11.6 Å². The summed E-state index contributed by atoms with van der Waals surface area (Å²) in [4.78, 5) is 16.5. The maximum absolute atomic E-state index is 12.3. The van der Waals surface area contributed by atoms with Gasteiger partial charge in [-0.2, -0.15) is 4.99 Å². The Labute approximate surface area is 182 Å². The van der Waals surface area contributed by atoms with E-state index < -0.39 is 15.9 Å². The summed E-state index contributed by atoms with van der Waals surface area (Å²) in [5.74, 6) is -0.390. The number of aromatic nitrogens is 1. The van der Waals surface area contributed by atoms with Gasteiger partial charge in [-0.3, -0.25) is 4.79 Å². The summed E-state index contributed by atoms with van der Waals surface area (Å²) in [5, 5.41) is 1.09. The fraction of sp³-hybridized carbons (Fsp3) is 0.167. The maximum atomic E-state index is 12.3. The van der Waals surface area contributed by atoms with Gasteiger partial charge in [0.25, 0.3) is 0 Å². The minimum Gasteiger partial charge on any atom is -0.329 e. The lowest BCUT2D eigenvalue weighted by Gasteiger charge is -2.08. The largest absolute Gasteiger partial charge is 0.329 e. The highest BCUT2D eigenvalue weighted by molar-refractivity contribution is 7.92. The molecular weight excluding hydrogens is 410 g/mol. The molecule has 31 heavy (non-hydrogen) atoms. The Balaban J connectivity index is 1.60. The zero-order valence-electron chi connectivity index (χ0n) is 17.3. The summed E-state index contributed by atoms with van der Waals surface area (Å²) >= 11 is 0. The number of nitrogens with one attached hydrogen (secondary N) is 1. The number of pyridine rings is 1. The first-order valence-corrected chi connectivity index (χ1v) is 11.5. The second kappa shape index (κ2) is 10.7. The summed E-state index contributed by atoms with van der Waals surface area (Å²) < 4.78 is 28.4. The number of benzene rings is 2. The predicted molar refractivity (Wildman–Crippen MR) is 122 cm³/mol. The van der Waals surface area contributed by atoms with E-state index >= 15 is 0 Å². The Kier molecular flexibility index (Phi) is 7.70. The predicted octanol–water partition coefficient (Wildman–Crippen LogP) is 3.25. The van der Waals surface area contributed by atoms with Gasteiger partial charge in [0.2, 0.25) is 15.9 Å². The lowest BCUT2D eigenvalue weighted by atomic mass is 10.1. The van der Waals surface area contributed by atoms with Crippen molar-refractivity contribution in [3.63, 3.8) is 0 Å². The van der Waals surface area contributed by atoms with Crippen LogP contribution in [-0.4, -0.2) is 25.4 Å². The van der Waals surface area contributed by atoms with Crippen molar-refractivity contribution in [2.45, 2.75) is 19.9 Å². The van der Waals surface area contributed by atoms with E-state index in [2.05, 4.69) is 9.71 Å². The van der Waals surface area contributed by atoms with Crippen molar-refractivity contribution in [2.75, 3.05) is 6.54 Å². The fourth-order valence-corrected chi connectivity index (χ4v) is 3.68. The highest BCUT2D eigenvalue weighted by Gasteiger charge is 2.07. The van der Waals surface area contributed by atoms with Gasteiger partial charge in [-0.1, -0.05) is 66.2 Å². The second-order valence-electron chi connectivity index (χ2n) is 7.08. The van der Waals surface area contributed by atoms with E-state index in [0.29, 0.717) is 12.0 Å². The fourth-order valence-electron chi connectivity index (χ4n) is 2.86. The van der Waals surface area contributed by atoms with E-state index in [0.717, 1.165) is 16.5 Å².